The van der Waals surface area contributed by atoms with Crippen LogP contribution in [0.1, 0.15) is 16.8 Å². The minimum atomic E-state index is -0.388. The van der Waals surface area contributed by atoms with Crippen molar-refractivity contribution in [2.45, 2.75) is 6.42 Å². The topological polar surface area (TPSA) is 51.2 Å². The van der Waals surface area contributed by atoms with Gasteiger partial charge in [0.25, 0.3) is 5.91 Å². The van der Waals surface area contributed by atoms with E-state index in [2.05, 4.69) is 26.2 Å². The van der Waals surface area contributed by atoms with Gasteiger partial charge in [-0.1, -0.05) is 18.2 Å². The number of nitrogens with one attached hydrogen (secondary N) is 1. The van der Waals surface area contributed by atoms with Gasteiger partial charge in [-0.3, -0.25) is 9.78 Å². The van der Waals surface area contributed by atoms with Crippen LogP contribution >= 0.6 is 15.9 Å². The van der Waals surface area contributed by atoms with Gasteiger partial charge in [0.2, 0.25) is 0 Å². The smallest absolute Gasteiger partial charge is 0.252 e. The fraction of sp³-hybridized carbons (Fsp3) is 0.158. The molecule has 3 rings (SSSR count). The van der Waals surface area contributed by atoms with Gasteiger partial charge in [0.05, 0.1) is 12.2 Å². The highest BCUT2D eigenvalue weighted by atomic mass is 79.9. The van der Waals surface area contributed by atoms with E-state index in [0.717, 1.165) is 16.7 Å². The Kier molecular flexibility index (Phi) is 5.60. The highest BCUT2D eigenvalue weighted by Crippen LogP contribution is 2.23. The van der Waals surface area contributed by atoms with E-state index in [1.165, 1.54) is 18.2 Å². The molecule has 0 unspecified atom stereocenters. The number of carbonyl (C=O) groups excluding carboxylic acids is 1. The standard InChI is InChI=1S/C19H16BrFN2O2/c20-16-12-14(21)7-8-15(16)19(24)23-10-3-11-25-17-6-1-4-13-5-2-9-22-18(13)17/h1-2,4-9,12H,3,10-11H2,(H,23,24). The van der Waals surface area contributed by atoms with Crippen molar-refractivity contribution in [1.29, 1.82) is 0 Å². The van der Waals surface area contributed by atoms with Crippen LogP contribution in [0.2, 0.25) is 0 Å². The fourth-order valence-electron chi connectivity index (χ4n) is 2.42. The summed E-state index contributed by atoms with van der Waals surface area (Å²) in [5.41, 5.74) is 1.23. The lowest BCUT2D eigenvalue weighted by Crippen LogP contribution is -2.26. The van der Waals surface area contributed by atoms with Crippen molar-refractivity contribution in [2.24, 2.45) is 0 Å². The molecule has 2 aromatic carbocycles. The molecule has 25 heavy (non-hydrogen) atoms. The molecule has 0 saturated carbocycles. The van der Waals surface area contributed by atoms with E-state index < -0.39 is 0 Å². The van der Waals surface area contributed by atoms with E-state index >= 15 is 0 Å². The summed E-state index contributed by atoms with van der Waals surface area (Å²) in [4.78, 5) is 16.4. The average molecular weight is 403 g/mol. The van der Waals surface area contributed by atoms with Gasteiger partial charge in [-0.25, -0.2) is 4.39 Å². The molecule has 1 N–H and O–H groups in total. The molecule has 0 atom stereocenters. The Morgan fingerprint density at radius 3 is 2.88 bits per heavy atom. The Morgan fingerprint density at radius 1 is 1.20 bits per heavy atom. The molecule has 0 spiro atoms. The van der Waals surface area contributed by atoms with Crippen LogP contribution in [0.3, 0.4) is 0 Å². The van der Waals surface area contributed by atoms with Gasteiger partial charge in [-0.15, -0.1) is 0 Å². The van der Waals surface area contributed by atoms with E-state index in [0.29, 0.717) is 29.6 Å². The van der Waals surface area contributed by atoms with Crippen LogP contribution < -0.4 is 10.1 Å². The molecule has 4 nitrogen and oxygen atoms in total. The molecule has 0 aliphatic carbocycles. The van der Waals surface area contributed by atoms with Gasteiger partial charge in [0.15, 0.2) is 0 Å². The van der Waals surface area contributed by atoms with Crippen LogP contribution in [-0.4, -0.2) is 24.0 Å². The van der Waals surface area contributed by atoms with E-state index in [4.69, 9.17) is 4.74 Å². The summed E-state index contributed by atoms with van der Waals surface area (Å²) in [7, 11) is 0. The van der Waals surface area contributed by atoms with Crippen LogP contribution in [0, 0.1) is 5.82 Å². The van der Waals surface area contributed by atoms with Crippen molar-refractivity contribution < 1.29 is 13.9 Å². The largest absolute Gasteiger partial charge is 0.491 e. The number of benzene rings is 2. The zero-order chi connectivity index (χ0) is 17.6. The maximum Gasteiger partial charge on any atom is 0.252 e. The molecular weight excluding hydrogens is 387 g/mol. The molecule has 1 aromatic heterocycles. The first-order valence-electron chi connectivity index (χ1n) is 7.85. The zero-order valence-electron chi connectivity index (χ0n) is 13.3. The average Bonchev–Trinajstić information content (AvgIpc) is 2.61. The summed E-state index contributed by atoms with van der Waals surface area (Å²) in [6.07, 6.45) is 2.38. The predicted octanol–water partition coefficient (Wildman–Crippen LogP) is 4.34. The van der Waals surface area contributed by atoms with Crippen molar-refractivity contribution >= 4 is 32.7 Å². The van der Waals surface area contributed by atoms with Crippen LogP contribution in [0.15, 0.2) is 59.2 Å². The van der Waals surface area contributed by atoms with Gasteiger partial charge in [0, 0.05) is 22.6 Å². The first kappa shape index (κ1) is 17.4. The summed E-state index contributed by atoms with van der Waals surface area (Å²) in [5.74, 6) is 0.0879. The van der Waals surface area contributed by atoms with Crippen molar-refractivity contribution in [2.75, 3.05) is 13.2 Å². The van der Waals surface area contributed by atoms with Gasteiger partial charge in [-0.2, -0.15) is 0 Å². The molecule has 3 aromatic rings. The lowest BCUT2D eigenvalue weighted by molar-refractivity contribution is 0.0951. The number of rotatable bonds is 6. The summed E-state index contributed by atoms with van der Waals surface area (Å²) >= 11 is 3.19. The number of amides is 1. The molecule has 0 bridgehead atoms. The third-order valence-electron chi connectivity index (χ3n) is 3.64. The van der Waals surface area contributed by atoms with Crippen LogP contribution in [0.4, 0.5) is 4.39 Å². The summed E-state index contributed by atoms with van der Waals surface area (Å²) in [6, 6.07) is 13.6. The number of halogens is 2. The number of para-hydroxylation sites is 1. The lowest BCUT2D eigenvalue weighted by atomic mass is 10.2. The van der Waals surface area contributed by atoms with Gasteiger partial charge < -0.3 is 10.1 Å². The van der Waals surface area contributed by atoms with Crippen molar-refractivity contribution in [3.63, 3.8) is 0 Å². The lowest BCUT2D eigenvalue weighted by Gasteiger charge is -2.10. The quantitative estimate of drug-likeness (QED) is 0.624. The normalized spacial score (nSPS) is 10.6. The number of ether oxygens (including phenoxy) is 1. The monoisotopic (exact) mass is 402 g/mol. The van der Waals surface area contributed by atoms with Crippen LogP contribution in [0.25, 0.3) is 10.9 Å². The second kappa shape index (κ2) is 8.07. The number of hydrogen-bond donors (Lipinski definition) is 1. The van der Waals surface area contributed by atoms with Crippen molar-refractivity contribution in [1.82, 2.24) is 10.3 Å². The van der Waals surface area contributed by atoms with Gasteiger partial charge in [-0.05, 0) is 52.7 Å². The Hall–Kier alpha value is -2.47. The molecule has 0 fully saturated rings. The number of pyridine rings is 1. The van der Waals surface area contributed by atoms with E-state index in [9.17, 15) is 9.18 Å². The number of fused-ring (bicyclic) bond motifs is 1. The summed E-state index contributed by atoms with van der Waals surface area (Å²) < 4.78 is 19.3. The minimum Gasteiger partial charge on any atom is -0.491 e. The van der Waals surface area contributed by atoms with Gasteiger partial charge in [0.1, 0.15) is 17.1 Å². The van der Waals surface area contributed by atoms with Crippen molar-refractivity contribution in [3.05, 3.63) is 70.6 Å². The molecule has 1 amide bonds. The second-order valence-electron chi connectivity index (χ2n) is 5.41. The van der Waals surface area contributed by atoms with Crippen molar-refractivity contribution in [3.8, 4) is 5.75 Å². The maximum absolute atomic E-state index is 13.1. The Labute approximate surface area is 153 Å². The zero-order valence-corrected chi connectivity index (χ0v) is 14.9. The molecule has 128 valence electrons. The minimum absolute atomic E-state index is 0.251. The Morgan fingerprint density at radius 2 is 2.04 bits per heavy atom. The molecule has 1 heterocycles. The predicted molar refractivity (Wildman–Crippen MR) is 98.3 cm³/mol. The van der Waals surface area contributed by atoms with Gasteiger partial charge >= 0.3 is 0 Å². The highest BCUT2D eigenvalue weighted by Gasteiger charge is 2.10. The summed E-state index contributed by atoms with van der Waals surface area (Å²) in [5, 5.41) is 3.82. The third kappa shape index (κ3) is 4.33. The number of hydrogen-bond acceptors (Lipinski definition) is 3. The molecule has 6 heteroatoms. The number of carbonyl (C=O) groups is 1. The first-order chi connectivity index (χ1) is 12.1. The number of aromatic nitrogens is 1. The third-order valence-corrected chi connectivity index (χ3v) is 4.29. The molecular formula is C19H16BrFN2O2. The molecule has 0 aliphatic rings. The highest BCUT2D eigenvalue weighted by molar-refractivity contribution is 9.10. The van der Waals surface area contributed by atoms with E-state index in [1.54, 1.807) is 6.20 Å². The van der Waals surface area contributed by atoms with Crippen LogP contribution in [0.5, 0.6) is 5.75 Å². The SMILES string of the molecule is O=C(NCCCOc1cccc2cccnc12)c1ccc(F)cc1Br. The number of nitrogens with zero attached hydrogens (tertiary/aromatic N) is 1. The molecule has 0 radical (unpaired) electrons. The second-order valence-corrected chi connectivity index (χ2v) is 6.27. The van der Waals surface area contributed by atoms with Crippen LogP contribution in [-0.2, 0) is 0 Å². The first-order valence-corrected chi connectivity index (χ1v) is 8.64. The van der Waals surface area contributed by atoms with E-state index in [1.807, 2.05) is 30.3 Å². The maximum atomic E-state index is 13.1. The Bertz CT molecular complexity index is 896. The summed E-state index contributed by atoms with van der Waals surface area (Å²) in [6.45, 7) is 0.918. The molecule has 0 aliphatic heterocycles. The Balaban J connectivity index is 1.49. The fourth-order valence-corrected chi connectivity index (χ4v) is 2.95. The molecule has 0 saturated heterocycles. The van der Waals surface area contributed by atoms with E-state index in [-0.39, 0.29) is 11.7 Å².